The van der Waals surface area contributed by atoms with Crippen LogP contribution in [0.2, 0.25) is 10.0 Å². The minimum atomic E-state index is -0.753. The Labute approximate surface area is 157 Å². The molecule has 0 bridgehead atoms. The summed E-state index contributed by atoms with van der Waals surface area (Å²) >= 11 is 11.4. The number of rotatable bonds is 7. The number of hydrogen-bond donors (Lipinski definition) is 1. The van der Waals surface area contributed by atoms with Gasteiger partial charge in [0.15, 0.2) is 13.2 Å². The molecule has 26 heavy (non-hydrogen) atoms. The van der Waals surface area contributed by atoms with E-state index in [1.165, 1.54) is 12.1 Å². The van der Waals surface area contributed by atoms with E-state index in [1.807, 2.05) is 0 Å². The van der Waals surface area contributed by atoms with Gasteiger partial charge in [-0.05, 0) is 36.4 Å². The van der Waals surface area contributed by atoms with E-state index in [0.717, 1.165) is 6.07 Å². The minimum absolute atomic E-state index is 0.0567. The number of carbonyl (C=O) groups is 2. The summed E-state index contributed by atoms with van der Waals surface area (Å²) in [7, 11) is 0. The van der Waals surface area contributed by atoms with Crippen LogP contribution in [0.15, 0.2) is 42.5 Å². The molecular formula is C16H12Cl2N2O6. The largest absolute Gasteiger partial charge is 0.482 e. The van der Waals surface area contributed by atoms with Gasteiger partial charge in [-0.3, -0.25) is 14.9 Å². The normalized spacial score (nSPS) is 10.1. The van der Waals surface area contributed by atoms with Gasteiger partial charge in [0.25, 0.3) is 11.6 Å². The average Bonchev–Trinajstić information content (AvgIpc) is 2.61. The second-order valence-corrected chi connectivity index (χ2v) is 5.72. The SMILES string of the molecule is O=C(COC(=O)COc1ccc(Cl)cc1)Nc1ccc(Cl)c([N+](=O)[O-])c1. The molecule has 0 heterocycles. The fraction of sp³-hybridized carbons (Fsp3) is 0.125. The molecule has 0 aliphatic carbocycles. The van der Waals surface area contributed by atoms with Crippen molar-refractivity contribution in [3.63, 3.8) is 0 Å². The van der Waals surface area contributed by atoms with Crippen LogP contribution < -0.4 is 10.1 Å². The lowest BCUT2D eigenvalue weighted by Crippen LogP contribution is -2.23. The highest BCUT2D eigenvalue weighted by Gasteiger charge is 2.14. The predicted octanol–water partition coefficient (Wildman–Crippen LogP) is 3.46. The van der Waals surface area contributed by atoms with Crippen LogP contribution in [0.4, 0.5) is 11.4 Å². The Balaban J connectivity index is 1.79. The van der Waals surface area contributed by atoms with Crippen molar-refractivity contribution in [2.75, 3.05) is 18.5 Å². The molecule has 0 aliphatic heterocycles. The van der Waals surface area contributed by atoms with Gasteiger partial charge in [-0.25, -0.2) is 4.79 Å². The summed E-state index contributed by atoms with van der Waals surface area (Å²) in [4.78, 5) is 33.4. The molecule has 8 nitrogen and oxygen atoms in total. The van der Waals surface area contributed by atoms with Gasteiger partial charge >= 0.3 is 5.97 Å². The summed E-state index contributed by atoms with van der Waals surface area (Å²) in [6, 6.07) is 10.1. The van der Waals surface area contributed by atoms with E-state index in [1.54, 1.807) is 24.3 Å². The summed E-state index contributed by atoms with van der Waals surface area (Å²) in [5.41, 5.74) is -0.197. The molecule has 2 aromatic carbocycles. The quantitative estimate of drug-likeness (QED) is 0.434. The van der Waals surface area contributed by atoms with Crippen LogP contribution in [0.25, 0.3) is 0 Å². The first-order valence-electron chi connectivity index (χ1n) is 7.13. The number of anilines is 1. The second kappa shape index (κ2) is 9.02. The monoisotopic (exact) mass is 398 g/mol. The molecule has 0 aliphatic rings. The van der Waals surface area contributed by atoms with Gasteiger partial charge in [0.2, 0.25) is 0 Å². The highest BCUT2D eigenvalue weighted by atomic mass is 35.5. The van der Waals surface area contributed by atoms with Crippen LogP contribution in [-0.2, 0) is 14.3 Å². The van der Waals surface area contributed by atoms with E-state index in [2.05, 4.69) is 5.32 Å². The number of halogens is 2. The smallest absolute Gasteiger partial charge is 0.344 e. The van der Waals surface area contributed by atoms with Gasteiger partial charge in [-0.15, -0.1) is 0 Å². The summed E-state index contributed by atoms with van der Waals surface area (Å²) in [6.45, 7) is -0.958. The van der Waals surface area contributed by atoms with Crippen LogP contribution in [0.1, 0.15) is 0 Å². The highest BCUT2D eigenvalue weighted by Crippen LogP contribution is 2.27. The number of nitro groups is 1. The van der Waals surface area contributed by atoms with Crippen molar-refractivity contribution < 1.29 is 24.0 Å². The van der Waals surface area contributed by atoms with Gasteiger partial charge < -0.3 is 14.8 Å². The van der Waals surface area contributed by atoms with Crippen LogP contribution in [0.3, 0.4) is 0 Å². The molecule has 0 spiro atoms. The minimum Gasteiger partial charge on any atom is -0.482 e. The number of ether oxygens (including phenoxy) is 2. The molecule has 0 saturated carbocycles. The maximum Gasteiger partial charge on any atom is 0.344 e. The summed E-state index contributed by atoms with van der Waals surface area (Å²) in [5.74, 6) is -0.997. The fourth-order valence-corrected chi connectivity index (χ4v) is 2.10. The van der Waals surface area contributed by atoms with E-state index in [4.69, 9.17) is 32.7 Å². The number of nitrogens with zero attached hydrogens (tertiary/aromatic N) is 1. The molecule has 2 aromatic rings. The van der Waals surface area contributed by atoms with Gasteiger partial charge in [-0.2, -0.15) is 0 Å². The third-order valence-electron chi connectivity index (χ3n) is 2.96. The first kappa shape index (κ1) is 19.5. The molecular weight excluding hydrogens is 387 g/mol. The number of carbonyl (C=O) groups excluding carboxylic acids is 2. The lowest BCUT2D eigenvalue weighted by atomic mass is 10.3. The van der Waals surface area contributed by atoms with Crippen molar-refractivity contribution in [3.8, 4) is 5.75 Å². The van der Waals surface area contributed by atoms with Crippen LogP contribution in [0, 0.1) is 10.1 Å². The van der Waals surface area contributed by atoms with Crippen LogP contribution in [0.5, 0.6) is 5.75 Å². The lowest BCUT2D eigenvalue weighted by Gasteiger charge is -2.08. The van der Waals surface area contributed by atoms with Crippen molar-refractivity contribution >= 4 is 46.5 Å². The zero-order valence-electron chi connectivity index (χ0n) is 13.1. The van der Waals surface area contributed by atoms with E-state index < -0.39 is 23.4 Å². The number of esters is 1. The van der Waals surface area contributed by atoms with Crippen molar-refractivity contribution in [1.29, 1.82) is 0 Å². The molecule has 0 saturated heterocycles. The van der Waals surface area contributed by atoms with Crippen LogP contribution >= 0.6 is 23.2 Å². The molecule has 136 valence electrons. The van der Waals surface area contributed by atoms with Gasteiger partial charge in [-0.1, -0.05) is 23.2 Å². The zero-order chi connectivity index (χ0) is 19.1. The lowest BCUT2D eigenvalue weighted by molar-refractivity contribution is -0.384. The van der Waals surface area contributed by atoms with Crippen molar-refractivity contribution in [1.82, 2.24) is 0 Å². The third-order valence-corrected chi connectivity index (χ3v) is 3.53. The Morgan fingerprint density at radius 2 is 1.77 bits per heavy atom. The predicted molar refractivity (Wildman–Crippen MR) is 94.6 cm³/mol. The Morgan fingerprint density at radius 3 is 2.42 bits per heavy atom. The van der Waals surface area contributed by atoms with Crippen molar-refractivity contribution in [2.45, 2.75) is 0 Å². The Bertz CT molecular complexity index is 826. The van der Waals surface area contributed by atoms with Crippen molar-refractivity contribution in [3.05, 3.63) is 62.6 Å². The molecule has 1 N–H and O–H groups in total. The van der Waals surface area contributed by atoms with Crippen LogP contribution in [-0.4, -0.2) is 30.0 Å². The Morgan fingerprint density at radius 1 is 1.08 bits per heavy atom. The van der Waals surface area contributed by atoms with E-state index >= 15 is 0 Å². The van der Waals surface area contributed by atoms with Gasteiger partial charge in [0.05, 0.1) is 4.92 Å². The number of amides is 1. The maximum atomic E-state index is 11.7. The maximum absolute atomic E-state index is 11.7. The molecule has 0 aromatic heterocycles. The number of nitrogens with one attached hydrogen (secondary N) is 1. The van der Waals surface area contributed by atoms with Crippen molar-refractivity contribution in [2.24, 2.45) is 0 Å². The van der Waals surface area contributed by atoms with E-state index in [0.29, 0.717) is 10.8 Å². The third kappa shape index (κ3) is 5.91. The molecule has 1 amide bonds. The Kier molecular flexibility index (Phi) is 6.76. The van der Waals surface area contributed by atoms with E-state index in [-0.39, 0.29) is 23.0 Å². The molecule has 0 unspecified atom stereocenters. The highest BCUT2D eigenvalue weighted by molar-refractivity contribution is 6.32. The summed E-state index contributed by atoms with van der Waals surface area (Å²) in [6.07, 6.45) is 0. The first-order valence-corrected chi connectivity index (χ1v) is 7.88. The molecule has 10 heteroatoms. The van der Waals surface area contributed by atoms with Gasteiger partial charge in [0, 0.05) is 16.8 Å². The first-order chi connectivity index (χ1) is 12.3. The summed E-state index contributed by atoms with van der Waals surface area (Å²) < 4.78 is 9.94. The standard InChI is InChI=1S/C16H12Cl2N2O6/c17-10-1-4-12(5-2-10)25-9-16(22)26-8-15(21)19-11-3-6-13(18)14(7-11)20(23)24/h1-7H,8-9H2,(H,19,21). The van der Waals surface area contributed by atoms with E-state index in [9.17, 15) is 19.7 Å². The number of nitro benzene ring substituents is 1. The van der Waals surface area contributed by atoms with Gasteiger partial charge in [0.1, 0.15) is 10.8 Å². The molecule has 2 rings (SSSR count). The topological polar surface area (TPSA) is 108 Å². The average molecular weight is 399 g/mol. The molecule has 0 fully saturated rings. The summed E-state index contributed by atoms with van der Waals surface area (Å²) in [5, 5.41) is 13.6. The number of benzene rings is 2. The zero-order valence-corrected chi connectivity index (χ0v) is 14.6. The Hall–Kier alpha value is -2.84. The fourth-order valence-electron chi connectivity index (χ4n) is 1.79. The molecule has 0 radical (unpaired) electrons. The number of hydrogen-bond acceptors (Lipinski definition) is 6. The molecule has 0 atom stereocenters. The second-order valence-electron chi connectivity index (χ2n) is 4.87.